The van der Waals surface area contributed by atoms with Gasteiger partial charge in [-0.25, -0.2) is 9.36 Å². The molecule has 0 aliphatic carbocycles. The molecule has 0 saturated carbocycles. The minimum absolute atomic E-state index is 0.0480. The van der Waals surface area contributed by atoms with E-state index in [0.717, 1.165) is 6.21 Å². The number of allylic oxidation sites excluding steroid dienone is 1. The van der Waals surface area contributed by atoms with E-state index in [0.29, 0.717) is 27.8 Å². The van der Waals surface area contributed by atoms with Crippen molar-refractivity contribution in [2.24, 2.45) is 0 Å². The fraction of sp³-hybridized carbons (Fsp3) is 0.0833. The lowest BCUT2D eigenvalue weighted by Crippen LogP contribution is -2.18. The number of benzene rings is 2. The van der Waals surface area contributed by atoms with Gasteiger partial charge in [-0.1, -0.05) is 17.7 Å². The molecule has 0 unspecified atom stereocenters. The Hall–Kier alpha value is -4.51. The average molecular weight is 513 g/mol. The second-order valence-electron chi connectivity index (χ2n) is 7.17. The summed E-state index contributed by atoms with van der Waals surface area (Å²) in [6, 6.07) is 14.3. The fourth-order valence-electron chi connectivity index (χ4n) is 3.37. The number of aromatic nitrogens is 4. The Balaban J connectivity index is 1.73. The molecular weight excluding hydrogens is 494 g/mol. The van der Waals surface area contributed by atoms with Crippen molar-refractivity contribution >= 4 is 29.2 Å². The maximum absolute atomic E-state index is 12.7. The van der Waals surface area contributed by atoms with Gasteiger partial charge >= 0.3 is 6.61 Å². The van der Waals surface area contributed by atoms with Gasteiger partial charge in [-0.2, -0.15) is 19.0 Å². The SMILES string of the molecule is COc1cc(-n2nccc2OC(F)F)ccc1-n1ccc(=O)c(/C(=C/C=N)Nc2cccc(Cl)c2)n1. The first-order valence-electron chi connectivity index (χ1n) is 10.4. The van der Waals surface area contributed by atoms with Gasteiger partial charge in [0.1, 0.15) is 11.4 Å². The van der Waals surface area contributed by atoms with Crippen LogP contribution in [0.3, 0.4) is 0 Å². The number of nitrogens with zero attached hydrogens (tertiary/aromatic N) is 4. The monoisotopic (exact) mass is 512 g/mol. The van der Waals surface area contributed by atoms with Crippen molar-refractivity contribution < 1.29 is 18.3 Å². The smallest absolute Gasteiger partial charge is 0.388 e. The predicted octanol–water partition coefficient (Wildman–Crippen LogP) is 4.78. The summed E-state index contributed by atoms with van der Waals surface area (Å²) < 4.78 is 38.1. The van der Waals surface area contributed by atoms with E-state index < -0.39 is 6.61 Å². The molecule has 0 radical (unpaired) electrons. The van der Waals surface area contributed by atoms with Crippen LogP contribution in [0.4, 0.5) is 14.5 Å². The Morgan fingerprint density at radius 3 is 2.75 bits per heavy atom. The van der Waals surface area contributed by atoms with Crippen molar-refractivity contribution in [2.45, 2.75) is 6.61 Å². The molecule has 0 saturated heterocycles. The minimum atomic E-state index is -3.01. The molecule has 2 heterocycles. The molecule has 36 heavy (non-hydrogen) atoms. The van der Waals surface area contributed by atoms with Gasteiger partial charge in [-0.3, -0.25) is 4.79 Å². The molecule has 0 amide bonds. The predicted molar refractivity (Wildman–Crippen MR) is 132 cm³/mol. The van der Waals surface area contributed by atoms with Crippen LogP contribution in [0, 0.1) is 5.41 Å². The lowest BCUT2D eigenvalue weighted by Gasteiger charge is -2.15. The Bertz CT molecular complexity index is 1480. The van der Waals surface area contributed by atoms with E-state index in [-0.39, 0.29) is 22.7 Å². The number of hydrogen-bond donors (Lipinski definition) is 2. The molecule has 4 rings (SSSR count). The summed E-state index contributed by atoms with van der Waals surface area (Å²) in [6.45, 7) is -3.01. The summed E-state index contributed by atoms with van der Waals surface area (Å²) in [6.07, 6.45) is 5.23. The van der Waals surface area contributed by atoms with Crippen molar-refractivity contribution in [3.05, 3.63) is 94.0 Å². The third-order valence-electron chi connectivity index (χ3n) is 4.89. The summed E-state index contributed by atoms with van der Waals surface area (Å²) in [5.41, 5.74) is 1.43. The molecule has 0 fully saturated rings. The van der Waals surface area contributed by atoms with Gasteiger partial charge < -0.3 is 20.2 Å². The third kappa shape index (κ3) is 5.41. The molecule has 0 bridgehead atoms. The molecule has 9 nitrogen and oxygen atoms in total. The number of anilines is 1. The topological polar surface area (TPSA) is 107 Å². The van der Waals surface area contributed by atoms with E-state index in [4.69, 9.17) is 21.7 Å². The number of alkyl halides is 2. The van der Waals surface area contributed by atoms with E-state index in [9.17, 15) is 13.6 Å². The summed E-state index contributed by atoms with van der Waals surface area (Å²) in [5.74, 6) is 0.186. The minimum Gasteiger partial charge on any atom is -0.494 e. The second kappa shape index (κ2) is 10.8. The molecule has 2 aromatic heterocycles. The number of methoxy groups -OCH3 is 1. The molecule has 0 atom stereocenters. The standard InChI is InChI=1S/C24H19ClF2N6O3/c1-35-21-14-17(33-22(8-11-29-33)36-24(26)27)5-6-19(21)32-12-9-20(34)23(31-32)18(7-10-28)30-16-4-2-3-15(25)13-16/h2-14,24,28,30H,1H3/b18-7-,28-10?. The molecule has 4 aromatic rings. The molecule has 2 N–H and O–H groups in total. The van der Waals surface area contributed by atoms with E-state index in [1.807, 2.05) is 0 Å². The second-order valence-corrected chi connectivity index (χ2v) is 7.61. The molecule has 0 aliphatic rings. The lowest BCUT2D eigenvalue weighted by molar-refractivity contribution is -0.0544. The molecule has 2 aromatic carbocycles. The summed E-state index contributed by atoms with van der Waals surface area (Å²) in [5, 5.41) is 19.5. The largest absolute Gasteiger partial charge is 0.494 e. The average Bonchev–Trinajstić information content (AvgIpc) is 3.31. The normalized spacial score (nSPS) is 11.4. The van der Waals surface area contributed by atoms with E-state index in [2.05, 4.69) is 20.3 Å². The Morgan fingerprint density at radius 1 is 1.19 bits per heavy atom. The van der Waals surface area contributed by atoms with Crippen molar-refractivity contribution in [2.75, 3.05) is 12.4 Å². The fourth-order valence-corrected chi connectivity index (χ4v) is 3.56. The third-order valence-corrected chi connectivity index (χ3v) is 5.12. The summed E-state index contributed by atoms with van der Waals surface area (Å²) in [7, 11) is 1.44. The summed E-state index contributed by atoms with van der Waals surface area (Å²) in [4.78, 5) is 12.7. The van der Waals surface area contributed by atoms with Gasteiger partial charge in [0, 0.05) is 41.3 Å². The molecule has 12 heteroatoms. The quantitative estimate of drug-likeness (QED) is 0.312. The van der Waals surface area contributed by atoms with Gasteiger partial charge in [0.05, 0.1) is 24.7 Å². The number of halogens is 3. The van der Waals surface area contributed by atoms with Gasteiger partial charge in [-0.05, 0) is 36.4 Å². The van der Waals surface area contributed by atoms with E-state index in [1.165, 1.54) is 47.1 Å². The number of hydrogen-bond acceptors (Lipinski definition) is 7. The van der Waals surface area contributed by atoms with Crippen LogP contribution in [0.15, 0.2) is 77.9 Å². The van der Waals surface area contributed by atoms with Crippen LogP contribution in [0.5, 0.6) is 11.6 Å². The van der Waals surface area contributed by atoms with Gasteiger partial charge in [0.25, 0.3) is 0 Å². The van der Waals surface area contributed by atoms with Crippen LogP contribution in [0.25, 0.3) is 17.1 Å². The number of nitrogens with one attached hydrogen (secondary N) is 2. The van der Waals surface area contributed by atoms with Crippen LogP contribution in [0.2, 0.25) is 5.02 Å². The zero-order chi connectivity index (χ0) is 25.7. The Kier molecular flexibility index (Phi) is 7.40. The first kappa shape index (κ1) is 24.6. The molecule has 0 aliphatic heterocycles. The van der Waals surface area contributed by atoms with E-state index >= 15 is 0 Å². The van der Waals surface area contributed by atoms with Crippen LogP contribution in [-0.2, 0) is 0 Å². The van der Waals surface area contributed by atoms with E-state index in [1.54, 1.807) is 42.5 Å². The van der Waals surface area contributed by atoms with Crippen molar-refractivity contribution in [1.29, 1.82) is 5.41 Å². The van der Waals surface area contributed by atoms with Gasteiger partial charge in [0.15, 0.2) is 5.69 Å². The van der Waals surface area contributed by atoms with Crippen LogP contribution in [-0.4, -0.2) is 39.5 Å². The van der Waals surface area contributed by atoms with Crippen LogP contribution >= 0.6 is 11.6 Å². The highest BCUT2D eigenvalue weighted by atomic mass is 35.5. The molecule has 184 valence electrons. The lowest BCUT2D eigenvalue weighted by atomic mass is 10.2. The zero-order valence-electron chi connectivity index (χ0n) is 18.7. The zero-order valence-corrected chi connectivity index (χ0v) is 19.5. The van der Waals surface area contributed by atoms with Crippen molar-refractivity contribution in [3.63, 3.8) is 0 Å². The van der Waals surface area contributed by atoms with Crippen LogP contribution < -0.4 is 20.2 Å². The highest BCUT2D eigenvalue weighted by molar-refractivity contribution is 6.30. The highest BCUT2D eigenvalue weighted by Crippen LogP contribution is 2.28. The maximum atomic E-state index is 12.7. The van der Waals surface area contributed by atoms with Crippen molar-refractivity contribution in [3.8, 4) is 23.0 Å². The molecular formula is C24H19ClF2N6O3. The Morgan fingerprint density at radius 2 is 2.03 bits per heavy atom. The summed E-state index contributed by atoms with van der Waals surface area (Å²) >= 11 is 6.05. The first-order chi connectivity index (χ1) is 17.4. The first-order valence-corrected chi connectivity index (χ1v) is 10.8. The maximum Gasteiger partial charge on any atom is 0.388 e. The highest BCUT2D eigenvalue weighted by Gasteiger charge is 2.16. The van der Waals surface area contributed by atoms with Crippen molar-refractivity contribution in [1.82, 2.24) is 19.6 Å². The van der Waals surface area contributed by atoms with Crippen LogP contribution in [0.1, 0.15) is 5.69 Å². The Labute approximate surface area is 208 Å². The van der Waals surface area contributed by atoms with Gasteiger partial charge in [-0.15, -0.1) is 0 Å². The number of ether oxygens (including phenoxy) is 2. The number of rotatable bonds is 9. The molecule has 0 spiro atoms. The van der Waals surface area contributed by atoms with Gasteiger partial charge in [0.2, 0.25) is 11.3 Å².